The molecule has 2 bridgehead atoms. The molecule has 170 valence electrons. The molecule has 1 fully saturated rings. The normalized spacial score (nSPS) is 20.8. The lowest BCUT2D eigenvalue weighted by Gasteiger charge is -2.44. The molecule has 2 N–H and O–H groups in total. The monoisotopic (exact) mass is 512 g/mol. The Morgan fingerprint density at radius 2 is 1.81 bits per heavy atom. The first kappa shape index (κ1) is 23.4. The van der Waals surface area contributed by atoms with Gasteiger partial charge in [0, 0.05) is 37.3 Å². The fourth-order valence-corrected chi connectivity index (χ4v) is 5.06. The summed E-state index contributed by atoms with van der Waals surface area (Å²) < 4.78 is 0.0581. The first-order chi connectivity index (χ1) is 15.2. The molecule has 0 spiro atoms. The van der Waals surface area contributed by atoms with Crippen LogP contribution in [0.25, 0.3) is 0 Å². The predicted molar refractivity (Wildman–Crippen MR) is 131 cm³/mol. The van der Waals surface area contributed by atoms with Crippen LogP contribution in [0.4, 0.5) is 0 Å². The van der Waals surface area contributed by atoms with Crippen LogP contribution in [-0.4, -0.2) is 43.5 Å². The van der Waals surface area contributed by atoms with Gasteiger partial charge >= 0.3 is 0 Å². The van der Waals surface area contributed by atoms with Crippen molar-refractivity contribution in [3.63, 3.8) is 0 Å². The lowest BCUT2D eigenvalue weighted by Crippen LogP contribution is -2.60. The third-order valence-corrected chi connectivity index (χ3v) is 6.91. The van der Waals surface area contributed by atoms with Gasteiger partial charge in [-0.05, 0) is 36.2 Å². The highest BCUT2D eigenvalue weighted by molar-refractivity contribution is 7.80. The van der Waals surface area contributed by atoms with E-state index >= 15 is 0 Å². The van der Waals surface area contributed by atoms with Crippen LogP contribution in [0.2, 0.25) is 0 Å². The maximum Gasteiger partial charge on any atom is 0.250 e. The molecule has 3 heterocycles. The number of hydrogen-bond donors (Lipinski definition) is 2. The predicted octanol–water partition coefficient (Wildman–Crippen LogP) is 3.20. The van der Waals surface area contributed by atoms with Crippen molar-refractivity contribution in [2.75, 3.05) is 13.1 Å². The Bertz CT molecular complexity index is 1060. The standard InChI is InChI=1S/C22H23Cl3N4O2S/c23-22(24,25)20(26-18(30)10-14-5-2-1-3-6-14)27-21(32)28-11-15-9-16(13-28)17-7-4-8-19(31)29(17)12-15/h1-8,15-16,20H,9-13H2,(H,26,30)(H,27,32)/t15-,16-,20?/m0/s1. The number of nitrogens with one attached hydrogen (secondary N) is 2. The van der Waals surface area contributed by atoms with Crippen LogP contribution >= 0.6 is 47.0 Å². The molecule has 2 aromatic rings. The highest BCUT2D eigenvalue weighted by atomic mass is 35.6. The number of aromatic nitrogens is 1. The van der Waals surface area contributed by atoms with Crippen LogP contribution in [0.5, 0.6) is 0 Å². The number of benzene rings is 1. The number of fused-ring (bicyclic) bond motifs is 4. The second-order valence-electron chi connectivity index (χ2n) is 8.26. The quantitative estimate of drug-likeness (QED) is 0.373. The fraction of sp³-hybridized carbons (Fsp3) is 0.409. The summed E-state index contributed by atoms with van der Waals surface area (Å²) in [5.74, 6) is 0.196. The Morgan fingerprint density at radius 1 is 1.06 bits per heavy atom. The number of amides is 1. The summed E-state index contributed by atoms with van der Waals surface area (Å²) in [4.78, 5) is 26.8. The maximum absolute atomic E-state index is 12.5. The molecule has 1 saturated heterocycles. The molecule has 1 aromatic heterocycles. The summed E-state index contributed by atoms with van der Waals surface area (Å²) in [5, 5.41) is 6.18. The summed E-state index contributed by atoms with van der Waals surface area (Å²) >= 11 is 24.1. The maximum atomic E-state index is 12.5. The number of pyridine rings is 1. The summed E-state index contributed by atoms with van der Waals surface area (Å²) in [6.07, 6.45) is 0.170. The van der Waals surface area contributed by atoms with Crippen LogP contribution < -0.4 is 16.2 Å². The van der Waals surface area contributed by atoms with Gasteiger partial charge in [-0.2, -0.15) is 0 Å². The summed E-state index contributed by atoms with van der Waals surface area (Å²) in [7, 11) is 0. The average Bonchev–Trinajstić information content (AvgIpc) is 2.74. The highest BCUT2D eigenvalue weighted by Gasteiger charge is 2.38. The SMILES string of the molecule is O=C(Cc1ccccc1)NC(NC(=S)N1C[C@@H]2C[C@@H](C1)c1cccc(=O)n1C2)C(Cl)(Cl)Cl. The molecule has 3 atom stereocenters. The van der Waals surface area contributed by atoms with E-state index in [0.29, 0.717) is 30.7 Å². The van der Waals surface area contributed by atoms with E-state index < -0.39 is 9.96 Å². The van der Waals surface area contributed by atoms with Gasteiger partial charge in [-0.3, -0.25) is 9.59 Å². The number of likely N-dealkylation sites (tertiary alicyclic amines) is 1. The van der Waals surface area contributed by atoms with Crippen LogP contribution in [0.3, 0.4) is 0 Å². The fourth-order valence-electron chi connectivity index (χ4n) is 4.47. The Morgan fingerprint density at radius 3 is 2.53 bits per heavy atom. The van der Waals surface area contributed by atoms with Gasteiger partial charge in [-0.1, -0.05) is 71.2 Å². The highest BCUT2D eigenvalue weighted by Crippen LogP contribution is 2.35. The summed E-state index contributed by atoms with van der Waals surface area (Å²) in [6, 6.07) is 14.7. The van der Waals surface area contributed by atoms with Crippen molar-refractivity contribution in [3.05, 3.63) is 70.1 Å². The molecule has 0 saturated carbocycles. The Balaban J connectivity index is 1.43. The van der Waals surface area contributed by atoms with E-state index in [2.05, 4.69) is 10.6 Å². The van der Waals surface area contributed by atoms with Crippen LogP contribution in [0.15, 0.2) is 53.3 Å². The van der Waals surface area contributed by atoms with Crippen molar-refractivity contribution in [2.24, 2.45) is 5.92 Å². The zero-order chi connectivity index (χ0) is 22.9. The second kappa shape index (κ2) is 9.59. The molecule has 1 amide bonds. The van der Waals surface area contributed by atoms with Gasteiger partial charge in [0.15, 0.2) is 5.11 Å². The van der Waals surface area contributed by atoms with Gasteiger partial charge < -0.3 is 20.1 Å². The minimum Gasteiger partial charge on any atom is -0.348 e. The van der Waals surface area contributed by atoms with Gasteiger partial charge in [0.2, 0.25) is 9.70 Å². The molecule has 6 nitrogen and oxygen atoms in total. The number of nitrogens with zero attached hydrogens (tertiary/aromatic N) is 2. The van der Waals surface area contributed by atoms with Gasteiger partial charge in [0.25, 0.3) is 5.56 Å². The second-order valence-corrected chi connectivity index (χ2v) is 11.0. The van der Waals surface area contributed by atoms with Crippen molar-refractivity contribution in [3.8, 4) is 0 Å². The molecule has 2 aliphatic rings. The van der Waals surface area contributed by atoms with E-state index in [-0.39, 0.29) is 23.8 Å². The van der Waals surface area contributed by atoms with E-state index in [4.69, 9.17) is 47.0 Å². The molecule has 0 aliphatic carbocycles. The average molecular weight is 514 g/mol. The van der Waals surface area contributed by atoms with Gasteiger partial charge in [-0.15, -0.1) is 0 Å². The van der Waals surface area contributed by atoms with Gasteiger partial charge in [0.05, 0.1) is 6.42 Å². The minimum atomic E-state index is -1.80. The molecule has 1 unspecified atom stereocenters. The van der Waals surface area contributed by atoms with Crippen LogP contribution in [0.1, 0.15) is 23.6 Å². The molecule has 0 radical (unpaired) electrons. The van der Waals surface area contributed by atoms with Crippen LogP contribution in [0, 0.1) is 5.92 Å². The number of rotatable bonds is 4. The number of carbonyl (C=O) groups excluding carboxylic acids is 1. The largest absolute Gasteiger partial charge is 0.348 e. The lowest BCUT2D eigenvalue weighted by molar-refractivity contribution is -0.121. The lowest BCUT2D eigenvalue weighted by atomic mass is 9.83. The minimum absolute atomic E-state index is 0.0312. The number of piperidine rings is 1. The van der Waals surface area contributed by atoms with Gasteiger partial charge in [0.1, 0.15) is 6.17 Å². The Labute approximate surface area is 206 Å². The number of carbonyl (C=O) groups is 1. The van der Waals surface area contributed by atoms with E-state index in [1.807, 2.05) is 45.9 Å². The topological polar surface area (TPSA) is 66.4 Å². The van der Waals surface area contributed by atoms with Gasteiger partial charge in [-0.25, -0.2) is 0 Å². The van der Waals surface area contributed by atoms with Crippen LogP contribution in [-0.2, 0) is 17.8 Å². The number of halogens is 3. The van der Waals surface area contributed by atoms with Crippen molar-refractivity contribution in [1.29, 1.82) is 0 Å². The Hall–Kier alpha value is -1.80. The molecule has 4 rings (SSSR count). The zero-order valence-corrected chi connectivity index (χ0v) is 20.2. The smallest absolute Gasteiger partial charge is 0.250 e. The first-order valence-electron chi connectivity index (χ1n) is 10.4. The van der Waals surface area contributed by atoms with Crippen molar-refractivity contribution in [2.45, 2.75) is 35.3 Å². The Kier molecular flexibility index (Phi) is 7.00. The van der Waals surface area contributed by atoms with E-state index in [0.717, 1.165) is 17.7 Å². The zero-order valence-electron chi connectivity index (χ0n) is 17.1. The molecule has 2 aliphatic heterocycles. The van der Waals surface area contributed by atoms with Crippen molar-refractivity contribution in [1.82, 2.24) is 20.1 Å². The molecular weight excluding hydrogens is 491 g/mol. The van der Waals surface area contributed by atoms with E-state index in [1.54, 1.807) is 12.1 Å². The number of hydrogen-bond acceptors (Lipinski definition) is 3. The number of alkyl halides is 3. The number of thiocarbonyl (C=S) groups is 1. The summed E-state index contributed by atoms with van der Waals surface area (Å²) in [5.41, 5.74) is 1.91. The van der Waals surface area contributed by atoms with E-state index in [9.17, 15) is 9.59 Å². The van der Waals surface area contributed by atoms with Crippen molar-refractivity contribution < 1.29 is 4.79 Å². The third-order valence-electron chi connectivity index (χ3n) is 5.87. The summed E-state index contributed by atoms with van der Waals surface area (Å²) in [6.45, 7) is 2.00. The molecule has 32 heavy (non-hydrogen) atoms. The molecular formula is C22H23Cl3N4O2S. The molecule has 10 heteroatoms. The van der Waals surface area contributed by atoms with E-state index in [1.165, 1.54) is 0 Å². The first-order valence-corrected chi connectivity index (χ1v) is 11.9. The van der Waals surface area contributed by atoms with Crippen molar-refractivity contribution >= 4 is 58.0 Å². The third kappa shape index (κ3) is 5.39. The molecule has 1 aromatic carbocycles.